The summed E-state index contributed by atoms with van der Waals surface area (Å²) >= 11 is 0. The fraction of sp³-hybridized carbons (Fsp3) is 0.462. The van der Waals surface area contributed by atoms with Crippen molar-refractivity contribution < 1.29 is 28.5 Å². The lowest BCUT2D eigenvalue weighted by atomic mass is 10.1. The van der Waals surface area contributed by atoms with E-state index in [0.29, 0.717) is 17.1 Å². The zero-order chi connectivity index (χ0) is 14.3. The summed E-state index contributed by atoms with van der Waals surface area (Å²) in [5, 5.41) is 0. The maximum atomic E-state index is 11.1. The second-order valence-electron chi connectivity index (χ2n) is 3.62. The van der Waals surface area contributed by atoms with Gasteiger partial charge >= 0.3 is 5.97 Å². The first-order chi connectivity index (χ1) is 9.13. The van der Waals surface area contributed by atoms with E-state index in [1.807, 2.05) is 0 Å². The Kier molecular flexibility index (Phi) is 6.27. The van der Waals surface area contributed by atoms with Crippen LogP contribution in [0.2, 0.25) is 0 Å². The summed E-state index contributed by atoms with van der Waals surface area (Å²) in [6, 6.07) is 5.06. The maximum absolute atomic E-state index is 11.1. The predicted octanol–water partition coefficient (Wildman–Crippen LogP) is 1.89. The highest BCUT2D eigenvalue weighted by Gasteiger charge is 2.22. The Balaban J connectivity index is 3.18. The van der Waals surface area contributed by atoms with Gasteiger partial charge in [0, 0.05) is 28.3 Å². The molecular formula is C13H18O6. The number of carbonyl (C=O) groups excluding carboxylic acids is 1. The zero-order valence-corrected chi connectivity index (χ0v) is 11.5. The molecule has 1 rings (SSSR count). The zero-order valence-electron chi connectivity index (χ0n) is 11.5. The Morgan fingerprint density at radius 2 is 1.79 bits per heavy atom. The quantitative estimate of drug-likeness (QED) is 0.428. The van der Waals surface area contributed by atoms with Crippen molar-refractivity contribution in [3.8, 4) is 11.5 Å². The minimum atomic E-state index is -0.706. The van der Waals surface area contributed by atoms with E-state index >= 15 is 0 Å². The van der Waals surface area contributed by atoms with Gasteiger partial charge in [-0.15, -0.1) is 0 Å². The molecule has 0 aliphatic heterocycles. The third-order valence-electron chi connectivity index (χ3n) is 2.28. The largest absolute Gasteiger partial charge is 0.467 e. The average Bonchev–Trinajstić information content (AvgIpc) is 2.39. The molecule has 0 aromatic heterocycles. The first-order valence-corrected chi connectivity index (χ1v) is 5.62. The molecule has 0 atom stereocenters. The molecule has 0 N–H and O–H groups in total. The molecule has 6 nitrogen and oxygen atoms in total. The molecule has 0 radical (unpaired) electrons. The molecule has 0 spiro atoms. The van der Waals surface area contributed by atoms with Crippen LogP contribution in [0.5, 0.6) is 11.5 Å². The fourth-order valence-corrected chi connectivity index (χ4v) is 1.58. The summed E-state index contributed by atoms with van der Waals surface area (Å²) in [4.78, 5) is 11.1. The highest BCUT2D eigenvalue weighted by atomic mass is 16.7. The topological polar surface area (TPSA) is 63.2 Å². The van der Waals surface area contributed by atoms with Crippen molar-refractivity contribution in [3.05, 3.63) is 23.8 Å². The van der Waals surface area contributed by atoms with Crippen molar-refractivity contribution >= 4 is 5.97 Å². The molecule has 0 saturated carbocycles. The molecule has 0 aliphatic rings. The Bertz CT molecular complexity index is 414. The molecule has 19 heavy (non-hydrogen) atoms. The van der Waals surface area contributed by atoms with Crippen LogP contribution in [-0.2, 0) is 19.0 Å². The number of hydrogen-bond donors (Lipinski definition) is 0. The van der Waals surface area contributed by atoms with E-state index in [0.717, 1.165) is 0 Å². The molecule has 0 heterocycles. The molecule has 0 unspecified atom stereocenters. The Morgan fingerprint density at radius 3 is 2.32 bits per heavy atom. The van der Waals surface area contributed by atoms with Gasteiger partial charge < -0.3 is 23.7 Å². The molecule has 0 saturated heterocycles. The van der Waals surface area contributed by atoms with Gasteiger partial charge in [-0.05, 0) is 12.1 Å². The van der Waals surface area contributed by atoms with Gasteiger partial charge in [0.25, 0.3) is 0 Å². The molecule has 1 aromatic rings. The lowest BCUT2D eigenvalue weighted by molar-refractivity contribution is -0.133. The highest BCUT2D eigenvalue weighted by Crippen LogP contribution is 2.36. The third-order valence-corrected chi connectivity index (χ3v) is 2.28. The lowest BCUT2D eigenvalue weighted by Crippen LogP contribution is -2.12. The second kappa shape index (κ2) is 7.73. The van der Waals surface area contributed by atoms with E-state index < -0.39 is 12.3 Å². The van der Waals surface area contributed by atoms with Gasteiger partial charge in [0.15, 0.2) is 13.1 Å². The van der Waals surface area contributed by atoms with E-state index in [4.69, 9.17) is 23.7 Å². The van der Waals surface area contributed by atoms with E-state index in [2.05, 4.69) is 0 Å². The number of benzene rings is 1. The standard InChI is InChI=1S/C13H18O6/c1-9(14)19-11-7-5-6-10(18-8-15-2)12(11)13(16-3)17-4/h5-7,13H,8H2,1-4H3. The monoisotopic (exact) mass is 270 g/mol. The summed E-state index contributed by atoms with van der Waals surface area (Å²) in [6.07, 6.45) is -0.706. The van der Waals surface area contributed by atoms with Crippen LogP contribution >= 0.6 is 0 Å². The van der Waals surface area contributed by atoms with E-state index in [1.54, 1.807) is 18.2 Å². The highest BCUT2D eigenvalue weighted by molar-refractivity contribution is 5.70. The third kappa shape index (κ3) is 4.20. The van der Waals surface area contributed by atoms with Crippen molar-refractivity contribution in [3.63, 3.8) is 0 Å². The summed E-state index contributed by atoms with van der Waals surface area (Å²) in [6.45, 7) is 1.39. The number of esters is 1. The van der Waals surface area contributed by atoms with Gasteiger partial charge in [0.05, 0.1) is 5.56 Å². The average molecular weight is 270 g/mol. The first-order valence-electron chi connectivity index (χ1n) is 5.62. The summed E-state index contributed by atoms with van der Waals surface area (Å²) in [7, 11) is 4.48. The van der Waals surface area contributed by atoms with E-state index in [1.165, 1.54) is 28.3 Å². The lowest BCUT2D eigenvalue weighted by Gasteiger charge is -2.20. The number of methoxy groups -OCH3 is 3. The smallest absolute Gasteiger partial charge is 0.308 e. The Labute approximate surface area is 112 Å². The normalized spacial score (nSPS) is 10.6. The summed E-state index contributed by atoms with van der Waals surface area (Å²) in [5.41, 5.74) is 0.500. The molecule has 0 fully saturated rings. The van der Waals surface area contributed by atoms with Gasteiger partial charge in [0.1, 0.15) is 11.5 Å². The molecular weight excluding hydrogens is 252 g/mol. The van der Waals surface area contributed by atoms with E-state index in [9.17, 15) is 4.79 Å². The van der Waals surface area contributed by atoms with Crippen LogP contribution in [0.15, 0.2) is 18.2 Å². The van der Waals surface area contributed by atoms with Crippen molar-refractivity contribution in [2.75, 3.05) is 28.1 Å². The minimum absolute atomic E-state index is 0.0661. The number of ether oxygens (including phenoxy) is 5. The van der Waals surface area contributed by atoms with Crippen LogP contribution in [0.25, 0.3) is 0 Å². The van der Waals surface area contributed by atoms with Crippen LogP contribution in [0, 0.1) is 0 Å². The van der Waals surface area contributed by atoms with E-state index in [-0.39, 0.29) is 6.79 Å². The summed E-state index contributed by atoms with van der Waals surface area (Å²) in [5.74, 6) is 0.361. The van der Waals surface area contributed by atoms with Crippen LogP contribution < -0.4 is 9.47 Å². The van der Waals surface area contributed by atoms with Gasteiger partial charge in [-0.25, -0.2) is 0 Å². The summed E-state index contributed by atoms with van der Waals surface area (Å²) < 4.78 is 25.8. The molecule has 6 heteroatoms. The van der Waals surface area contributed by atoms with Crippen LogP contribution in [0.4, 0.5) is 0 Å². The minimum Gasteiger partial charge on any atom is -0.467 e. The second-order valence-corrected chi connectivity index (χ2v) is 3.62. The van der Waals surface area contributed by atoms with Gasteiger partial charge in [-0.3, -0.25) is 4.79 Å². The SMILES string of the molecule is COCOc1cccc(OC(C)=O)c1C(OC)OC. The Morgan fingerprint density at radius 1 is 1.16 bits per heavy atom. The predicted molar refractivity (Wildman–Crippen MR) is 67.0 cm³/mol. The molecule has 106 valence electrons. The number of carbonyl (C=O) groups is 1. The van der Waals surface area contributed by atoms with Gasteiger partial charge in [-0.2, -0.15) is 0 Å². The van der Waals surface area contributed by atoms with Crippen molar-refractivity contribution in [2.45, 2.75) is 13.2 Å². The number of hydrogen-bond acceptors (Lipinski definition) is 6. The fourth-order valence-electron chi connectivity index (χ4n) is 1.58. The molecule has 0 bridgehead atoms. The van der Waals surface area contributed by atoms with Crippen LogP contribution in [-0.4, -0.2) is 34.1 Å². The maximum Gasteiger partial charge on any atom is 0.308 e. The Hall–Kier alpha value is -1.63. The molecule has 0 aliphatic carbocycles. The van der Waals surface area contributed by atoms with Crippen molar-refractivity contribution in [2.24, 2.45) is 0 Å². The first kappa shape index (κ1) is 15.4. The van der Waals surface area contributed by atoms with Crippen LogP contribution in [0.3, 0.4) is 0 Å². The van der Waals surface area contributed by atoms with Crippen molar-refractivity contribution in [1.82, 2.24) is 0 Å². The number of rotatable bonds is 7. The molecule has 1 aromatic carbocycles. The molecule has 0 amide bonds. The van der Waals surface area contributed by atoms with Gasteiger partial charge in [0.2, 0.25) is 0 Å². The van der Waals surface area contributed by atoms with Gasteiger partial charge in [-0.1, -0.05) is 6.07 Å². The van der Waals surface area contributed by atoms with Crippen molar-refractivity contribution in [1.29, 1.82) is 0 Å². The van der Waals surface area contributed by atoms with Crippen LogP contribution in [0.1, 0.15) is 18.8 Å².